The summed E-state index contributed by atoms with van der Waals surface area (Å²) < 4.78 is 0. The van der Waals surface area contributed by atoms with E-state index < -0.39 is 0 Å². The van der Waals surface area contributed by atoms with E-state index in [2.05, 4.69) is 110 Å². The molecule has 0 fully saturated rings. The smallest absolute Gasteiger partial charge is 0.163 e. The summed E-state index contributed by atoms with van der Waals surface area (Å²) in [6.07, 6.45) is 0. The van der Waals surface area contributed by atoms with Gasteiger partial charge < -0.3 is 12.4 Å². The summed E-state index contributed by atoms with van der Waals surface area (Å²) in [7, 11) is -0.539. The van der Waals surface area contributed by atoms with E-state index in [9.17, 15) is 0 Å². The van der Waals surface area contributed by atoms with Crippen LogP contribution in [-0.4, -0.2) is 27.9 Å². The fourth-order valence-corrected chi connectivity index (χ4v) is 14.2. The first-order valence-corrected chi connectivity index (χ1v) is 16.7. The number of halogens is 1. The van der Waals surface area contributed by atoms with E-state index in [-0.39, 0.29) is 48.0 Å². The molecule has 35 heavy (non-hydrogen) atoms. The molecule has 0 amide bonds. The number of fused-ring (bicyclic) bond motifs is 2. The third kappa shape index (κ3) is 6.39. The van der Waals surface area contributed by atoms with Crippen LogP contribution in [-0.2, 0) is 20.1 Å². The van der Waals surface area contributed by atoms with Crippen molar-refractivity contribution in [2.45, 2.75) is 87.8 Å². The molecular weight excluding hydrogens is 702 g/mol. The molecule has 0 saturated carbocycles. The van der Waals surface area contributed by atoms with Crippen LogP contribution in [0.3, 0.4) is 0 Å². The quantitative estimate of drug-likeness (QED) is 0.185. The molecule has 0 saturated heterocycles. The van der Waals surface area contributed by atoms with Crippen molar-refractivity contribution in [1.82, 2.24) is 0 Å². The molecule has 2 aromatic carbocycles. The molecule has 0 bridgehead atoms. The molecule has 4 rings (SSSR count). The van der Waals surface area contributed by atoms with E-state index in [1.807, 2.05) is 23.5 Å². The molecule has 0 N–H and O–H groups in total. The van der Waals surface area contributed by atoms with Gasteiger partial charge in [0, 0.05) is 30.6 Å². The van der Waals surface area contributed by atoms with Crippen LogP contribution in [0.25, 0.3) is 0 Å². The molecule has 2 aliphatic heterocycles. The number of allylic oxidation sites excluding steroid dienone is 1. The van der Waals surface area contributed by atoms with Crippen molar-refractivity contribution in [1.29, 1.82) is 0 Å². The van der Waals surface area contributed by atoms with Crippen LogP contribution >= 0.6 is 39.0 Å². The summed E-state index contributed by atoms with van der Waals surface area (Å²) in [5.41, 5.74) is 11.2. The third-order valence-electron chi connectivity index (χ3n) is 6.11. The molecule has 0 aromatic heterocycles. The fraction of sp³-hybridized carbons (Fsp3) is 0.414. The molecule has 2 aliphatic rings. The number of rotatable bonds is 5. The summed E-state index contributed by atoms with van der Waals surface area (Å²) in [4.78, 5) is 5.56. The van der Waals surface area contributed by atoms with Gasteiger partial charge in [0.1, 0.15) is 18.9 Å². The second-order valence-corrected chi connectivity index (χ2v) is 18.6. The zero-order chi connectivity index (χ0) is 23.9. The molecule has 191 valence electrons. The molecule has 0 aliphatic carbocycles. The van der Waals surface area contributed by atoms with Crippen molar-refractivity contribution >= 4 is 44.3 Å². The minimum Gasteiger partial charge on any atom is -1.00 e. The summed E-state index contributed by atoms with van der Waals surface area (Å²) in [6.45, 7) is 19.3. The van der Waals surface area contributed by atoms with Gasteiger partial charge in [0.25, 0.3) is 0 Å². The second-order valence-electron chi connectivity index (χ2n) is 9.87. The van der Waals surface area contributed by atoms with Gasteiger partial charge in [-0.25, -0.2) is 0 Å². The maximum absolute atomic E-state index is 4.07. The SMILES string of the molecule is CC(C)P([C-]1C(=C=C2Sc3ccccc3C2=[P+](C(C)C)C(C)C)Sc2ccccc21)C(C)C.[Cl-].[Ir]. The monoisotopic (exact) mass is 738 g/mol. The van der Waals surface area contributed by atoms with E-state index in [1.54, 1.807) is 11.0 Å². The summed E-state index contributed by atoms with van der Waals surface area (Å²) in [5, 5.41) is 1.58. The van der Waals surface area contributed by atoms with E-state index in [0.29, 0.717) is 22.6 Å². The van der Waals surface area contributed by atoms with Crippen LogP contribution in [0.5, 0.6) is 0 Å². The van der Waals surface area contributed by atoms with E-state index in [4.69, 9.17) is 0 Å². The number of benzene rings is 2. The topological polar surface area (TPSA) is 0 Å². The predicted molar refractivity (Wildman–Crippen MR) is 156 cm³/mol. The molecular formula is C29H36ClIrP2S2-. The molecule has 2 aromatic rings. The fourth-order valence-electron chi connectivity index (χ4n) is 5.07. The van der Waals surface area contributed by atoms with Crippen LogP contribution < -0.4 is 12.4 Å². The van der Waals surface area contributed by atoms with Gasteiger partial charge in [-0.05, 0) is 56.1 Å². The first-order chi connectivity index (χ1) is 15.7. The molecule has 6 heteroatoms. The van der Waals surface area contributed by atoms with Gasteiger partial charge >= 0.3 is 0 Å². The van der Waals surface area contributed by atoms with Crippen molar-refractivity contribution in [3.63, 3.8) is 0 Å². The van der Waals surface area contributed by atoms with Gasteiger partial charge in [0.15, 0.2) is 5.29 Å². The summed E-state index contributed by atoms with van der Waals surface area (Å²) >= 11 is 3.90. The van der Waals surface area contributed by atoms with Gasteiger partial charge in [0.05, 0.1) is 4.91 Å². The second kappa shape index (κ2) is 13.2. The summed E-state index contributed by atoms with van der Waals surface area (Å²) in [6, 6.07) is 18.0. The molecule has 1 radical (unpaired) electrons. The Morgan fingerprint density at radius 2 is 1.31 bits per heavy atom. The zero-order valence-electron chi connectivity index (χ0n) is 21.9. The number of hydrogen-bond donors (Lipinski definition) is 0. The van der Waals surface area contributed by atoms with Crippen molar-refractivity contribution in [2.75, 3.05) is 0 Å². The van der Waals surface area contributed by atoms with Crippen molar-refractivity contribution in [2.24, 2.45) is 0 Å². The Hall–Kier alpha value is 0.0694. The number of hydrogen-bond acceptors (Lipinski definition) is 2. The van der Waals surface area contributed by atoms with Crippen molar-refractivity contribution in [3.8, 4) is 0 Å². The zero-order valence-corrected chi connectivity index (χ0v) is 28.4. The molecule has 0 nitrogen and oxygen atoms in total. The van der Waals surface area contributed by atoms with Crippen LogP contribution in [0.4, 0.5) is 0 Å². The Balaban J connectivity index is 0.00000216. The third-order valence-corrected chi connectivity index (χ3v) is 15.0. The average molecular weight is 738 g/mol. The predicted octanol–water partition coefficient (Wildman–Crippen LogP) is 6.96. The first-order valence-electron chi connectivity index (χ1n) is 12.1. The number of thioether (sulfide) groups is 2. The van der Waals surface area contributed by atoms with Crippen molar-refractivity contribution in [3.05, 3.63) is 80.9 Å². The van der Waals surface area contributed by atoms with Gasteiger partial charge in [0.2, 0.25) is 0 Å². The minimum atomic E-state index is -0.269. The molecule has 0 spiro atoms. The molecule has 0 unspecified atom stereocenters. The standard InChI is InChI=1S/C29H36P2S2.ClH.Ir/c1-18(2)30(19(3)4)28-22-13-9-11-15-24(22)32-26(28)17-27-29(31(20(5)6)21(7)8)23-14-10-12-16-25(23)33-27;;/h9-16,18-21H,1-8H3;1H;/p-1. The molecule has 2 heterocycles. The molecule has 0 atom stereocenters. The van der Waals surface area contributed by atoms with E-state index in [1.165, 1.54) is 30.7 Å². The first kappa shape index (κ1) is 31.3. The Morgan fingerprint density at radius 3 is 1.89 bits per heavy atom. The normalized spacial score (nSPS) is 14.5. The van der Waals surface area contributed by atoms with Gasteiger partial charge in [-0.15, -0.1) is 25.6 Å². The largest absolute Gasteiger partial charge is 1.00 e. The van der Waals surface area contributed by atoms with Crippen LogP contribution in [0.2, 0.25) is 0 Å². The van der Waals surface area contributed by atoms with Crippen LogP contribution in [0.1, 0.15) is 66.5 Å². The van der Waals surface area contributed by atoms with Crippen molar-refractivity contribution < 1.29 is 32.5 Å². The average Bonchev–Trinajstić information content (AvgIpc) is 3.26. The Morgan fingerprint density at radius 1 is 0.771 bits per heavy atom. The van der Waals surface area contributed by atoms with Crippen LogP contribution in [0.15, 0.2) is 73.9 Å². The minimum absolute atomic E-state index is 0. The van der Waals surface area contributed by atoms with E-state index in [0.717, 1.165) is 0 Å². The maximum Gasteiger partial charge on any atom is 0.163 e. The van der Waals surface area contributed by atoms with Gasteiger partial charge in [-0.3, -0.25) is 0 Å². The summed E-state index contributed by atoms with van der Waals surface area (Å²) in [5.74, 6) is 0. The Labute approximate surface area is 243 Å². The van der Waals surface area contributed by atoms with Gasteiger partial charge in [-0.2, -0.15) is 17.5 Å². The van der Waals surface area contributed by atoms with Crippen LogP contribution in [0, 0.1) is 5.66 Å². The maximum atomic E-state index is 4.07. The van der Waals surface area contributed by atoms with E-state index >= 15 is 0 Å². The Bertz CT molecular complexity index is 1130. The Kier molecular flexibility index (Phi) is 11.8. The van der Waals surface area contributed by atoms with Gasteiger partial charge in [-0.1, -0.05) is 74.3 Å².